The molecule has 110 valence electrons. The van der Waals surface area contributed by atoms with Crippen LogP contribution in [0.2, 0.25) is 0 Å². The van der Waals surface area contributed by atoms with Crippen molar-refractivity contribution in [1.29, 1.82) is 0 Å². The fourth-order valence-electron chi connectivity index (χ4n) is 5.38. The third-order valence-electron chi connectivity index (χ3n) is 5.83. The molecule has 0 aliphatic heterocycles. The molecule has 5 rings (SSSR count). The molecule has 0 atom stereocenters. The predicted molar refractivity (Wildman–Crippen MR) is 76.1 cm³/mol. The lowest BCUT2D eigenvalue weighted by molar-refractivity contribution is -0.0103. The summed E-state index contributed by atoms with van der Waals surface area (Å²) in [5.41, 5.74) is 5.80. The minimum absolute atomic E-state index is 0.268. The van der Waals surface area contributed by atoms with Crippen LogP contribution in [0.3, 0.4) is 0 Å². The summed E-state index contributed by atoms with van der Waals surface area (Å²) < 4.78 is 5.50. The van der Waals surface area contributed by atoms with E-state index in [9.17, 15) is 0 Å². The Morgan fingerprint density at radius 3 is 2.30 bits per heavy atom. The van der Waals surface area contributed by atoms with E-state index in [4.69, 9.17) is 15.2 Å². The van der Waals surface area contributed by atoms with E-state index in [1.54, 1.807) is 0 Å². The van der Waals surface area contributed by atoms with Gasteiger partial charge in [0, 0.05) is 11.8 Å². The monoisotopic (exact) mass is 275 g/mol. The Labute approximate surface area is 120 Å². The number of nitrogens with zero attached hydrogens (tertiary/aromatic N) is 2. The highest BCUT2D eigenvalue weighted by Gasteiger charge is 2.53. The van der Waals surface area contributed by atoms with Gasteiger partial charge in [-0.05, 0) is 75.7 Å². The predicted octanol–water partition coefficient (Wildman–Crippen LogP) is 2.82. The average Bonchev–Trinajstić information content (AvgIpc) is 2.87. The molecule has 4 nitrogen and oxygen atoms in total. The highest BCUT2D eigenvalue weighted by atomic mass is 16.5. The molecule has 4 bridgehead atoms. The molecule has 2 N–H and O–H groups in total. The first-order valence-electron chi connectivity index (χ1n) is 8.30. The molecule has 1 heterocycles. The van der Waals surface area contributed by atoms with Crippen molar-refractivity contribution >= 4 is 0 Å². The molecule has 1 aromatic rings. The second-order valence-electron chi connectivity index (χ2n) is 7.46. The van der Waals surface area contributed by atoms with Gasteiger partial charge < -0.3 is 10.3 Å². The van der Waals surface area contributed by atoms with Gasteiger partial charge in [0.1, 0.15) is 0 Å². The van der Waals surface area contributed by atoms with Gasteiger partial charge in [0.2, 0.25) is 5.89 Å². The summed E-state index contributed by atoms with van der Waals surface area (Å²) in [5, 5.41) is 4.37. The standard InChI is InChI=1S/C16H25N3O/c17-4-2-1-3-14-18-15(19-20-14)16-8-11-5-12(9-16)7-13(6-11)10-16/h11-13H,1-10,17H2. The lowest BCUT2D eigenvalue weighted by Crippen LogP contribution is -2.49. The van der Waals surface area contributed by atoms with Crippen LogP contribution in [0.1, 0.15) is 63.1 Å². The van der Waals surface area contributed by atoms with E-state index >= 15 is 0 Å². The highest BCUT2D eigenvalue weighted by Crippen LogP contribution is 2.60. The first-order valence-corrected chi connectivity index (χ1v) is 8.30. The van der Waals surface area contributed by atoms with E-state index in [-0.39, 0.29) is 5.41 Å². The molecule has 4 fully saturated rings. The van der Waals surface area contributed by atoms with E-state index in [2.05, 4.69) is 5.16 Å². The van der Waals surface area contributed by atoms with Crippen LogP contribution in [-0.4, -0.2) is 16.7 Å². The zero-order chi connectivity index (χ0) is 13.6. The van der Waals surface area contributed by atoms with Gasteiger partial charge in [-0.1, -0.05) is 5.16 Å². The molecule has 4 aliphatic carbocycles. The normalized spacial score (nSPS) is 38.5. The van der Waals surface area contributed by atoms with Crippen LogP contribution in [0.5, 0.6) is 0 Å². The largest absolute Gasteiger partial charge is 0.339 e. The molecule has 0 unspecified atom stereocenters. The fraction of sp³-hybridized carbons (Fsp3) is 0.875. The quantitative estimate of drug-likeness (QED) is 0.839. The Bertz CT molecular complexity index is 447. The third-order valence-corrected chi connectivity index (χ3v) is 5.83. The second kappa shape index (κ2) is 4.83. The molecule has 0 saturated heterocycles. The van der Waals surface area contributed by atoms with Gasteiger partial charge in [-0.25, -0.2) is 0 Å². The number of nitrogens with two attached hydrogens (primary N) is 1. The van der Waals surface area contributed by atoms with Gasteiger partial charge in [0.05, 0.1) is 0 Å². The smallest absolute Gasteiger partial charge is 0.226 e. The molecule has 4 heteroatoms. The van der Waals surface area contributed by atoms with Gasteiger partial charge >= 0.3 is 0 Å². The average molecular weight is 275 g/mol. The number of rotatable bonds is 5. The molecule has 0 aromatic carbocycles. The Hall–Kier alpha value is -0.900. The molecule has 0 amide bonds. The van der Waals surface area contributed by atoms with Gasteiger partial charge in [-0.15, -0.1) is 0 Å². The summed E-state index contributed by atoms with van der Waals surface area (Å²) in [4.78, 5) is 4.75. The molecule has 4 saturated carbocycles. The lowest BCUT2D eigenvalue weighted by Gasteiger charge is -2.55. The lowest BCUT2D eigenvalue weighted by atomic mass is 9.49. The zero-order valence-corrected chi connectivity index (χ0v) is 12.2. The van der Waals surface area contributed by atoms with Crippen molar-refractivity contribution in [3.63, 3.8) is 0 Å². The van der Waals surface area contributed by atoms with Gasteiger partial charge in [0.25, 0.3) is 0 Å². The maximum atomic E-state index is 5.53. The van der Waals surface area contributed by atoms with Crippen molar-refractivity contribution in [2.75, 3.05) is 6.54 Å². The topological polar surface area (TPSA) is 64.9 Å². The van der Waals surface area contributed by atoms with Crippen LogP contribution < -0.4 is 5.73 Å². The van der Waals surface area contributed by atoms with Crippen molar-refractivity contribution in [3.05, 3.63) is 11.7 Å². The minimum atomic E-state index is 0.268. The van der Waals surface area contributed by atoms with Gasteiger partial charge in [-0.2, -0.15) is 4.98 Å². The van der Waals surface area contributed by atoms with Crippen LogP contribution in [0.25, 0.3) is 0 Å². The molecular weight excluding hydrogens is 250 g/mol. The van der Waals surface area contributed by atoms with E-state index in [1.807, 2.05) is 0 Å². The molecule has 4 aliphatic rings. The molecule has 0 radical (unpaired) electrons. The van der Waals surface area contributed by atoms with E-state index in [0.29, 0.717) is 0 Å². The third kappa shape index (κ3) is 2.09. The Morgan fingerprint density at radius 1 is 1.05 bits per heavy atom. The number of aromatic nitrogens is 2. The maximum absolute atomic E-state index is 5.53. The van der Waals surface area contributed by atoms with Gasteiger partial charge in [-0.3, -0.25) is 0 Å². The summed E-state index contributed by atoms with van der Waals surface area (Å²) >= 11 is 0. The number of hydrogen-bond acceptors (Lipinski definition) is 4. The zero-order valence-electron chi connectivity index (χ0n) is 12.2. The summed E-state index contributed by atoms with van der Waals surface area (Å²) in [5.74, 6) is 4.64. The van der Waals surface area contributed by atoms with Crippen LogP contribution in [-0.2, 0) is 11.8 Å². The Balaban J connectivity index is 1.52. The number of hydrogen-bond donors (Lipinski definition) is 1. The first-order chi connectivity index (χ1) is 9.77. The van der Waals surface area contributed by atoms with Crippen molar-refractivity contribution in [3.8, 4) is 0 Å². The summed E-state index contributed by atoms with van der Waals surface area (Å²) in [6.07, 6.45) is 11.3. The van der Waals surface area contributed by atoms with E-state index in [0.717, 1.165) is 55.3 Å². The van der Waals surface area contributed by atoms with Crippen LogP contribution in [0, 0.1) is 17.8 Å². The highest BCUT2D eigenvalue weighted by molar-refractivity contribution is 5.16. The molecule has 1 aromatic heterocycles. The summed E-state index contributed by atoms with van der Waals surface area (Å²) in [6.45, 7) is 0.746. The fourth-order valence-corrected chi connectivity index (χ4v) is 5.38. The molecule has 0 spiro atoms. The number of unbranched alkanes of at least 4 members (excludes halogenated alkanes) is 1. The van der Waals surface area contributed by atoms with E-state index < -0.39 is 0 Å². The minimum Gasteiger partial charge on any atom is -0.339 e. The Kier molecular flexibility index (Phi) is 3.09. The SMILES string of the molecule is NCCCCc1nc(C23CC4CC(CC(C4)C2)C3)no1. The van der Waals surface area contributed by atoms with Crippen molar-refractivity contribution < 1.29 is 4.52 Å². The first kappa shape index (κ1) is 12.8. The van der Waals surface area contributed by atoms with Crippen molar-refractivity contribution in [1.82, 2.24) is 10.1 Å². The number of aryl methyl sites for hydroxylation is 1. The summed E-state index contributed by atoms with van der Waals surface area (Å²) in [6, 6.07) is 0. The second-order valence-corrected chi connectivity index (χ2v) is 7.46. The molecular formula is C16H25N3O. The van der Waals surface area contributed by atoms with E-state index in [1.165, 1.54) is 38.5 Å². The maximum Gasteiger partial charge on any atom is 0.226 e. The van der Waals surface area contributed by atoms with Crippen molar-refractivity contribution in [2.45, 2.75) is 63.2 Å². The van der Waals surface area contributed by atoms with Crippen molar-refractivity contribution in [2.24, 2.45) is 23.5 Å². The van der Waals surface area contributed by atoms with Crippen LogP contribution >= 0.6 is 0 Å². The Morgan fingerprint density at radius 2 is 1.70 bits per heavy atom. The summed E-state index contributed by atoms with van der Waals surface area (Å²) in [7, 11) is 0. The molecule has 20 heavy (non-hydrogen) atoms. The van der Waals surface area contributed by atoms with Crippen LogP contribution in [0.4, 0.5) is 0 Å². The van der Waals surface area contributed by atoms with Gasteiger partial charge in [0.15, 0.2) is 5.82 Å². The van der Waals surface area contributed by atoms with Crippen LogP contribution in [0.15, 0.2) is 4.52 Å².